The lowest BCUT2D eigenvalue weighted by Crippen LogP contribution is -2.04. The van der Waals surface area contributed by atoms with Crippen molar-refractivity contribution in [2.45, 2.75) is 0 Å². The van der Waals surface area contributed by atoms with Gasteiger partial charge >= 0.3 is 0 Å². The zero-order valence-corrected chi connectivity index (χ0v) is 17.7. The lowest BCUT2D eigenvalue weighted by molar-refractivity contribution is 0.474. The summed E-state index contributed by atoms with van der Waals surface area (Å²) in [4.78, 5) is 0. The second-order valence-corrected chi connectivity index (χ2v) is 6.82. The van der Waals surface area contributed by atoms with Crippen LogP contribution in [0, 0.1) is 0 Å². The van der Waals surface area contributed by atoms with Crippen LogP contribution >= 0.6 is 0 Å². The Balaban J connectivity index is 1.59. The molecule has 0 atom stereocenters. The van der Waals surface area contributed by atoms with Gasteiger partial charge in [-0.05, 0) is 36.4 Å². The largest absolute Gasteiger partial charge is 0.507 e. The van der Waals surface area contributed by atoms with Crippen LogP contribution in [0.2, 0.25) is 0 Å². The van der Waals surface area contributed by atoms with E-state index in [1.165, 1.54) is 23.3 Å². The maximum absolute atomic E-state index is 10.0. The van der Waals surface area contributed by atoms with Gasteiger partial charge in [0.15, 0.2) is 0 Å². The molecule has 0 amide bonds. The number of hydrazone groups is 2. The number of nitrogens with zero attached hydrogens (tertiary/aromatic N) is 6. The second-order valence-electron chi connectivity index (χ2n) is 6.82. The summed E-state index contributed by atoms with van der Waals surface area (Å²) in [6.07, 6.45) is 4.27. The maximum Gasteiger partial charge on any atom is 0.267 e. The molecule has 11 nitrogen and oxygen atoms in total. The van der Waals surface area contributed by atoms with Crippen LogP contribution in [0.4, 0.5) is 11.9 Å². The van der Waals surface area contributed by atoms with Gasteiger partial charge in [-0.25, -0.2) is 10.9 Å². The number of phenolic OH excluding ortho intramolecular Hbond substituents is 3. The minimum Gasteiger partial charge on any atom is -0.507 e. The Morgan fingerprint density at radius 3 is 1.38 bits per heavy atom. The normalized spacial score (nSPS) is 11.5. The van der Waals surface area contributed by atoms with E-state index in [-0.39, 0.29) is 29.1 Å². The molecule has 1 aromatic heterocycles. The molecule has 4 aromatic rings. The molecule has 5 N–H and O–H groups in total. The number of aromatic nitrogens is 3. The predicted octanol–water partition coefficient (Wildman–Crippen LogP) is 3.17. The molecule has 0 aliphatic heterocycles. The van der Waals surface area contributed by atoms with E-state index in [9.17, 15) is 15.3 Å². The van der Waals surface area contributed by atoms with E-state index < -0.39 is 0 Å². The van der Waals surface area contributed by atoms with Crippen LogP contribution in [-0.2, 0) is 0 Å². The Morgan fingerprint density at radius 2 is 0.971 bits per heavy atom. The molecule has 0 aliphatic rings. The van der Waals surface area contributed by atoms with Gasteiger partial charge in [-0.2, -0.15) is 20.0 Å². The van der Waals surface area contributed by atoms with Gasteiger partial charge in [0.25, 0.3) is 11.9 Å². The fourth-order valence-corrected chi connectivity index (χ4v) is 2.76. The summed E-state index contributed by atoms with van der Waals surface area (Å²) in [5, 5.41) is 50.2. The lowest BCUT2D eigenvalue weighted by atomic mass is 10.2. The topological polar surface area (TPSA) is 153 Å². The highest BCUT2D eigenvalue weighted by molar-refractivity contribution is 5.85. The molecule has 34 heavy (non-hydrogen) atoms. The first-order valence-electron chi connectivity index (χ1n) is 10.0. The molecule has 3 aromatic carbocycles. The van der Waals surface area contributed by atoms with Crippen molar-refractivity contribution in [3.63, 3.8) is 0 Å². The Bertz CT molecular complexity index is 1290. The van der Waals surface area contributed by atoms with Crippen molar-refractivity contribution in [2.24, 2.45) is 15.3 Å². The van der Waals surface area contributed by atoms with Gasteiger partial charge in [-0.3, -0.25) is 0 Å². The van der Waals surface area contributed by atoms with Gasteiger partial charge in [-0.15, -0.1) is 10.2 Å². The summed E-state index contributed by atoms with van der Waals surface area (Å²) < 4.78 is 1.29. The zero-order valence-electron chi connectivity index (χ0n) is 17.7. The first-order valence-corrected chi connectivity index (χ1v) is 10.0. The molecule has 0 bridgehead atoms. The van der Waals surface area contributed by atoms with Gasteiger partial charge in [0.05, 0.1) is 18.6 Å². The molecule has 0 fully saturated rings. The number of benzene rings is 3. The number of anilines is 2. The highest BCUT2D eigenvalue weighted by Gasteiger charge is 2.11. The SMILES string of the molecule is Oc1ccccc1/C=N/Nc1nnc(N/N=C/c2ccccc2O)n1/N=C/c1ccccc1O. The van der Waals surface area contributed by atoms with E-state index in [1.807, 2.05) is 0 Å². The minimum absolute atomic E-state index is 0.0542. The number of rotatable bonds is 8. The average Bonchev–Trinajstić information content (AvgIpc) is 3.22. The summed E-state index contributed by atoms with van der Waals surface area (Å²) in [5.74, 6) is 0.483. The zero-order chi connectivity index (χ0) is 23.8. The summed E-state index contributed by atoms with van der Waals surface area (Å²) >= 11 is 0. The van der Waals surface area contributed by atoms with Gasteiger partial charge < -0.3 is 15.3 Å². The number of para-hydroxylation sites is 3. The van der Waals surface area contributed by atoms with Crippen molar-refractivity contribution < 1.29 is 15.3 Å². The smallest absolute Gasteiger partial charge is 0.267 e. The molecule has 4 rings (SSSR count). The quantitative estimate of drug-likeness (QED) is 0.202. The third kappa shape index (κ3) is 5.34. The van der Waals surface area contributed by atoms with E-state index >= 15 is 0 Å². The summed E-state index contributed by atoms with van der Waals surface area (Å²) in [6, 6.07) is 20.1. The monoisotopic (exact) mass is 456 g/mol. The molecule has 0 aliphatic carbocycles. The highest BCUT2D eigenvalue weighted by atomic mass is 16.3. The average molecular weight is 456 g/mol. The van der Waals surface area contributed by atoms with Crippen molar-refractivity contribution in [3.05, 3.63) is 89.5 Å². The minimum atomic E-state index is 0.0542. The molecule has 1 heterocycles. The maximum atomic E-state index is 10.0. The summed E-state index contributed by atoms with van der Waals surface area (Å²) in [6.45, 7) is 0. The molecule has 0 spiro atoms. The van der Waals surface area contributed by atoms with Crippen LogP contribution < -0.4 is 10.9 Å². The van der Waals surface area contributed by atoms with Crippen molar-refractivity contribution >= 4 is 30.5 Å². The Kier molecular flexibility index (Phi) is 6.75. The van der Waals surface area contributed by atoms with Crippen LogP contribution in [0.3, 0.4) is 0 Å². The number of aromatic hydroxyl groups is 3. The molecule has 0 unspecified atom stereocenters. The molecule has 170 valence electrons. The molecule has 0 saturated heterocycles. The van der Waals surface area contributed by atoms with Crippen LogP contribution in [-0.4, -0.2) is 48.8 Å². The summed E-state index contributed by atoms with van der Waals surface area (Å²) in [7, 11) is 0. The highest BCUT2D eigenvalue weighted by Crippen LogP contribution is 2.17. The third-order valence-electron chi connectivity index (χ3n) is 4.50. The van der Waals surface area contributed by atoms with Crippen molar-refractivity contribution in [1.29, 1.82) is 0 Å². The van der Waals surface area contributed by atoms with E-state index in [0.29, 0.717) is 16.7 Å². The van der Waals surface area contributed by atoms with E-state index in [0.717, 1.165) is 0 Å². The van der Waals surface area contributed by atoms with Crippen LogP contribution in [0.15, 0.2) is 88.1 Å². The lowest BCUT2D eigenvalue weighted by Gasteiger charge is -2.04. The van der Waals surface area contributed by atoms with Gasteiger partial charge in [0, 0.05) is 16.7 Å². The first-order chi connectivity index (χ1) is 16.6. The van der Waals surface area contributed by atoms with Gasteiger partial charge in [0.1, 0.15) is 17.2 Å². The van der Waals surface area contributed by atoms with Gasteiger partial charge in [0.2, 0.25) is 0 Å². The van der Waals surface area contributed by atoms with Crippen molar-refractivity contribution in [2.75, 3.05) is 10.9 Å². The number of phenols is 3. The fourth-order valence-electron chi connectivity index (χ4n) is 2.76. The number of hydrogen-bond acceptors (Lipinski definition) is 10. The predicted molar refractivity (Wildman–Crippen MR) is 130 cm³/mol. The van der Waals surface area contributed by atoms with E-state index in [1.54, 1.807) is 72.8 Å². The standard InChI is InChI=1S/C23H20N8O3/c32-19-10-4-1-7-16(19)13-24-27-22-29-30-23(28-25-14-17-8-2-5-11-20(17)33)31(22)26-15-18-9-3-6-12-21(18)34/h1-15,32-34H,(H,27,29)(H,28,30)/b24-13+,25-14+,26-15+. The second kappa shape index (κ2) is 10.4. The number of hydrogen-bond donors (Lipinski definition) is 5. The van der Waals surface area contributed by atoms with Crippen molar-refractivity contribution in [3.8, 4) is 17.2 Å². The van der Waals surface area contributed by atoms with Crippen LogP contribution in [0.1, 0.15) is 16.7 Å². The first kappa shape index (κ1) is 22.0. The van der Waals surface area contributed by atoms with Gasteiger partial charge in [-0.1, -0.05) is 36.4 Å². The van der Waals surface area contributed by atoms with E-state index in [2.05, 4.69) is 36.4 Å². The Morgan fingerprint density at radius 1 is 0.588 bits per heavy atom. The number of nitrogens with one attached hydrogen (secondary N) is 2. The van der Waals surface area contributed by atoms with E-state index in [4.69, 9.17) is 0 Å². The fraction of sp³-hybridized carbons (Fsp3) is 0. The van der Waals surface area contributed by atoms with Crippen molar-refractivity contribution in [1.82, 2.24) is 14.9 Å². The Labute approximate surface area is 194 Å². The Hall–Kier alpha value is -5.19. The molecule has 0 saturated carbocycles. The molecular weight excluding hydrogens is 436 g/mol. The molecule has 0 radical (unpaired) electrons. The summed E-state index contributed by atoms with van der Waals surface area (Å²) in [5.41, 5.74) is 6.92. The third-order valence-corrected chi connectivity index (χ3v) is 4.50. The van der Waals surface area contributed by atoms with Crippen LogP contribution in [0.5, 0.6) is 17.2 Å². The molecule has 11 heteroatoms. The molecular formula is C23H20N8O3. The van der Waals surface area contributed by atoms with Crippen LogP contribution in [0.25, 0.3) is 0 Å².